The molecule has 3 nitrogen and oxygen atoms in total. The predicted octanol–water partition coefficient (Wildman–Crippen LogP) is 2.89. The molecule has 0 saturated heterocycles. The zero-order valence-corrected chi connectivity index (χ0v) is 8.64. The molecule has 0 aliphatic heterocycles. The van der Waals surface area contributed by atoms with Crippen LogP contribution in [-0.2, 0) is 0 Å². The van der Waals surface area contributed by atoms with Crippen molar-refractivity contribution in [3.05, 3.63) is 53.5 Å². The molecule has 0 unspecified atom stereocenters. The Bertz CT molecular complexity index is 654. The number of aromatic nitrogens is 1. The Balaban J connectivity index is 2.66. The molecule has 0 saturated carbocycles. The molecule has 4 heteroatoms. The molecular formula is C13H10FNO2. The molecule has 0 radical (unpaired) electrons. The van der Waals surface area contributed by atoms with Gasteiger partial charge in [0.05, 0.1) is 5.69 Å². The fourth-order valence-corrected chi connectivity index (χ4v) is 1.41. The van der Waals surface area contributed by atoms with E-state index in [4.69, 9.17) is 9.22 Å². The summed E-state index contributed by atoms with van der Waals surface area (Å²) in [7, 11) is 0. The molecule has 17 heavy (non-hydrogen) atoms. The summed E-state index contributed by atoms with van der Waals surface area (Å²) in [4.78, 5) is 14.8. The second kappa shape index (κ2) is 4.33. The highest BCUT2D eigenvalue weighted by Gasteiger charge is 2.09. The van der Waals surface area contributed by atoms with Crippen LogP contribution in [-0.4, -0.2) is 16.1 Å². The van der Waals surface area contributed by atoms with Crippen molar-refractivity contribution >= 4 is 5.97 Å². The minimum Gasteiger partial charge on any atom is -0.477 e. The van der Waals surface area contributed by atoms with Gasteiger partial charge in [-0.25, -0.2) is 14.2 Å². The molecule has 0 fully saturated rings. The van der Waals surface area contributed by atoms with Crippen molar-refractivity contribution in [2.75, 3.05) is 0 Å². The SMILES string of the molecule is [2H]C([2H])([2H])c1ccc(C(=O)O)nc1-c1ccc(F)cc1. The van der Waals surface area contributed by atoms with Crippen LogP contribution in [0.3, 0.4) is 0 Å². The first kappa shape index (κ1) is 7.95. The number of hydrogen-bond donors (Lipinski definition) is 1. The third-order valence-corrected chi connectivity index (χ3v) is 2.23. The van der Waals surface area contributed by atoms with E-state index in [0.29, 0.717) is 5.56 Å². The zero-order chi connectivity index (χ0) is 14.9. The van der Waals surface area contributed by atoms with E-state index in [0.717, 1.165) is 18.2 Å². The Hall–Kier alpha value is -2.23. The molecule has 86 valence electrons. The van der Waals surface area contributed by atoms with Gasteiger partial charge in [0.2, 0.25) is 0 Å². The van der Waals surface area contributed by atoms with E-state index in [1.807, 2.05) is 0 Å². The van der Waals surface area contributed by atoms with Gasteiger partial charge in [0, 0.05) is 9.68 Å². The Labute approximate surface area is 102 Å². The lowest BCUT2D eigenvalue weighted by atomic mass is 10.1. The number of carboxylic acids is 1. The molecule has 1 heterocycles. The quantitative estimate of drug-likeness (QED) is 0.869. The summed E-state index contributed by atoms with van der Waals surface area (Å²) >= 11 is 0. The summed E-state index contributed by atoms with van der Waals surface area (Å²) in [6.45, 7) is -2.44. The Morgan fingerprint density at radius 3 is 2.59 bits per heavy atom. The molecule has 0 spiro atoms. The number of halogens is 1. The topological polar surface area (TPSA) is 50.2 Å². The van der Waals surface area contributed by atoms with E-state index >= 15 is 0 Å². The van der Waals surface area contributed by atoms with E-state index in [1.165, 1.54) is 18.2 Å². The van der Waals surface area contributed by atoms with E-state index in [1.54, 1.807) is 0 Å². The summed E-state index contributed by atoms with van der Waals surface area (Å²) in [5.41, 5.74) is 0.0250. The van der Waals surface area contributed by atoms with Crippen molar-refractivity contribution < 1.29 is 18.4 Å². The van der Waals surface area contributed by atoms with Gasteiger partial charge in [-0.2, -0.15) is 0 Å². The fourth-order valence-electron chi connectivity index (χ4n) is 1.41. The van der Waals surface area contributed by atoms with E-state index in [-0.39, 0.29) is 17.0 Å². The Morgan fingerprint density at radius 2 is 2.00 bits per heavy atom. The lowest BCUT2D eigenvalue weighted by molar-refractivity contribution is 0.0690. The smallest absolute Gasteiger partial charge is 0.354 e. The number of carbonyl (C=O) groups is 1. The molecule has 2 aromatic rings. The number of carboxylic acid groups (broad SMARTS) is 1. The van der Waals surface area contributed by atoms with Crippen LogP contribution in [0.25, 0.3) is 11.3 Å². The van der Waals surface area contributed by atoms with Gasteiger partial charge < -0.3 is 5.11 Å². The van der Waals surface area contributed by atoms with Gasteiger partial charge in [-0.1, -0.05) is 6.07 Å². The second-order valence-electron chi connectivity index (χ2n) is 3.40. The lowest BCUT2D eigenvalue weighted by Crippen LogP contribution is -2.02. The van der Waals surface area contributed by atoms with Crippen molar-refractivity contribution in [2.24, 2.45) is 0 Å². The van der Waals surface area contributed by atoms with Crippen molar-refractivity contribution in [3.8, 4) is 11.3 Å². The van der Waals surface area contributed by atoms with Gasteiger partial charge >= 0.3 is 5.97 Å². The van der Waals surface area contributed by atoms with Gasteiger partial charge in [-0.05, 0) is 42.7 Å². The normalized spacial score (nSPS) is 13.6. The highest BCUT2D eigenvalue weighted by atomic mass is 19.1. The average molecular weight is 234 g/mol. The van der Waals surface area contributed by atoms with Gasteiger partial charge in [-0.15, -0.1) is 0 Å². The van der Waals surface area contributed by atoms with Gasteiger partial charge in [0.15, 0.2) is 0 Å². The van der Waals surface area contributed by atoms with Gasteiger partial charge in [0.25, 0.3) is 0 Å². The van der Waals surface area contributed by atoms with E-state index in [2.05, 4.69) is 4.98 Å². The summed E-state index contributed by atoms with van der Waals surface area (Å²) in [6, 6.07) is 7.39. The third-order valence-electron chi connectivity index (χ3n) is 2.23. The summed E-state index contributed by atoms with van der Waals surface area (Å²) in [5, 5.41) is 8.93. The van der Waals surface area contributed by atoms with Crippen molar-refractivity contribution in [2.45, 2.75) is 6.85 Å². The molecule has 2 rings (SSSR count). The Morgan fingerprint density at radius 1 is 1.29 bits per heavy atom. The zero-order valence-electron chi connectivity index (χ0n) is 11.6. The highest BCUT2D eigenvalue weighted by Crippen LogP contribution is 2.21. The van der Waals surface area contributed by atoms with Crippen LogP contribution in [0.1, 0.15) is 20.2 Å². The van der Waals surface area contributed by atoms with Crippen LogP contribution in [0.2, 0.25) is 0 Å². The lowest BCUT2D eigenvalue weighted by Gasteiger charge is -2.06. The molecule has 0 amide bonds. The Kier molecular flexibility index (Phi) is 2.03. The van der Waals surface area contributed by atoms with Crippen molar-refractivity contribution in [1.82, 2.24) is 4.98 Å². The number of nitrogens with zero attached hydrogens (tertiary/aromatic N) is 1. The fraction of sp³-hybridized carbons (Fsp3) is 0.0769. The summed E-state index contributed by atoms with van der Waals surface area (Å²) in [5.74, 6) is -1.73. The number of rotatable bonds is 2. The number of pyridine rings is 1. The maximum atomic E-state index is 12.9. The minimum atomic E-state index is -2.44. The number of hydrogen-bond acceptors (Lipinski definition) is 2. The molecule has 0 bridgehead atoms. The van der Waals surface area contributed by atoms with Crippen molar-refractivity contribution in [1.29, 1.82) is 0 Å². The largest absolute Gasteiger partial charge is 0.477 e. The first-order valence-corrected chi connectivity index (χ1v) is 4.80. The molecule has 0 aliphatic rings. The highest BCUT2D eigenvalue weighted by molar-refractivity contribution is 5.86. The molecule has 1 aromatic carbocycles. The van der Waals surface area contributed by atoms with E-state index in [9.17, 15) is 9.18 Å². The van der Waals surface area contributed by atoms with Crippen LogP contribution in [0.5, 0.6) is 0 Å². The maximum Gasteiger partial charge on any atom is 0.354 e. The summed E-state index contributed by atoms with van der Waals surface area (Å²) < 4.78 is 35.3. The number of aryl methyl sites for hydroxylation is 1. The number of aromatic carboxylic acids is 1. The van der Waals surface area contributed by atoms with Gasteiger partial charge in [0.1, 0.15) is 11.5 Å². The first-order chi connectivity index (χ1) is 9.29. The molecule has 1 aromatic heterocycles. The standard InChI is InChI=1S/C13H10FNO2/c1-8-2-7-11(13(16)17)15-12(8)9-3-5-10(14)6-4-9/h2-7H,1H3,(H,16,17)/i1D3. The second-order valence-corrected chi connectivity index (χ2v) is 3.40. The average Bonchev–Trinajstić information content (AvgIpc) is 2.37. The monoisotopic (exact) mass is 234 g/mol. The molecular weight excluding hydrogens is 221 g/mol. The van der Waals surface area contributed by atoms with Crippen LogP contribution < -0.4 is 0 Å². The number of benzene rings is 1. The molecule has 0 atom stereocenters. The maximum absolute atomic E-state index is 12.9. The van der Waals surface area contributed by atoms with Crippen LogP contribution in [0.4, 0.5) is 4.39 Å². The van der Waals surface area contributed by atoms with Crippen LogP contribution in [0.15, 0.2) is 36.4 Å². The third kappa shape index (κ3) is 2.30. The predicted molar refractivity (Wildman–Crippen MR) is 61.3 cm³/mol. The summed E-state index contributed by atoms with van der Waals surface area (Å²) in [6.07, 6.45) is 0. The van der Waals surface area contributed by atoms with Crippen molar-refractivity contribution in [3.63, 3.8) is 0 Å². The van der Waals surface area contributed by atoms with Crippen LogP contribution in [0, 0.1) is 12.7 Å². The van der Waals surface area contributed by atoms with E-state index < -0.39 is 18.6 Å². The van der Waals surface area contributed by atoms with Crippen LogP contribution >= 0.6 is 0 Å². The molecule has 0 aliphatic carbocycles. The minimum absolute atomic E-state index is 0.0184. The van der Waals surface area contributed by atoms with Gasteiger partial charge in [-0.3, -0.25) is 0 Å². The molecule has 1 N–H and O–H groups in total. The first-order valence-electron chi connectivity index (χ1n) is 6.30.